The average Bonchev–Trinajstić information content (AvgIpc) is 2.63. The van der Waals surface area contributed by atoms with E-state index in [0.717, 1.165) is 5.69 Å². The molecule has 0 unspecified atom stereocenters. The van der Waals surface area contributed by atoms with E-state index >= 15 is 0 Å². The Balaban J connectivity index is 1.59. The van der Waals surface area contributed by atoms with E-state index in [1.54, 1.807) is 24.4 Å². The van der Waals surface area contributed by atoms with Gasteiger partial charge in [0.05, 0.1) is 17.4 Å². The molecule has 0 bridgehead atoms. The van der Waals surface area contributed by atoms with Crippen LogP contribution in [0.25, 0.3) is 0 Å². The van der Waals surface area contributed by atoms with Gasteiger partial charge in [0, 0.05) is 6.54 Å². The van der Waals surface area contributed by atoms with Crippen LogP contribution in [0.3, 0.4) is 0 Å². The highest BCUT2D eigenvalue weighted by atomic mass is 19.1. The van der Waals surface area contributed by atoms with Gasteiger partial charge in [-0.2, -0.15) is 0 Å². The summed E-state index contributed by atoms with van der Waals surface area (Å²) in [5, 5.41) is 5.85. The van der Waals surface area contributed by atoms with Gasteiger partial charge in [-0.25, -0.2) is 9.37 Å². The first-order valence-corrected chi connectivity index (χ1v) is 7.93. The third-order valence-electron chi connectivity index (χ3n) is 3.74. The summed E-state index contributed by atoms with van der Waals surface area (Å²) in [5.74, 6) is -0.712. The second kappa shape index (κ2) is 7.57. The van der Waals surface area contributed by atoms with Crippen LogP contribution >= 0.6 is 0 Å². The number of nitrogens with zero attached hydrogens (tertiary/aromatic N) is 1. The number of benzene rings is 2. The minimum absolute atomic E-state index is 0.00845. The molecule has 2 N–H and O–H groups in total. The summed E-state index contributed by atoms with van der Waals surface area (Å²) >= 11 is 0. The molecule has 0 radical (unpaired) electrons. The minimum Gasteiger partial charge on any atom is -0.380 e. The predicted octanol–water partition coefficient (Wildman–Crippen LogP) is 4.39. The first-order valence-electron chi connectivity index (χ1n) is 7.93. The number of aromatic nitrogens is 1. The Morgan fingerprint density at radius 3 is 2.48 bits per heavy atom. The second-order valence-corrected chi connectivity index (χ2v) is 5.71. The molecule has 0 aliphatic rings. The van der Waals surface area contributed by atoms with E-state index in [2.05, 4.69) is 46.8 Å². The molecule has 1 aromatic heterocycles. The van der Waals surface area contributed by atoms with Gasteiger partial charge in [0.2, 0.25) is 0 Å². The molecule has 0 aliphatic carbocycles. The van der Waals surface area contributed by atoms with E-state index < -0.39 is 11.7 Å². The number of hydrogen-bond acceptors (Lipinski definition) is 3. The smallest absolute Gasteiger partial charge is 0.259 e. The number of hydrogen-bond donors (Lipinski definition) is 2. The molecule has 25 heavy (non-hydrogen) atoms. The molecule has 2 aromatic carbocycles. The van der Waals surface area contributed by atoms with Crippen molar-refractivity contribution in [2.45, 2.75) is 13.5 Å². The lowest BCUT2D eigenvalue weighted by atomic mass is 10.1. The van der Waals surface area contributed by atoms with E-state index in [0.29, 0.717) is 12.4 Å². The summed E-state index contributed by atoms with van der Waals surface area (Å²) in [4.78, 5) is 16.2. The lowest BCUT2D eigenvalue weighted by Gasteiger charge is -2.08. The number of anilines is 2. The van der Waals surface area contributed by atoms with E-state index in [9.17, 15) is 9.18 Å². The molecule has 0 atom stereocenters. The molecule has 3 aromatic rings. The van der Waals surface area contributed by atoms with Crippen LogP contribution in [0.15, 0.2) is 66.9 Å². The normalized spacial score (nSPS) is 10.3. The number of aryl methyl sites for hydroxylation is 1. The molecular formula is C20H18FN3O. The fourth-order valence-corrected chi connectivity index (χ4v) is 2.31. The summed E-state index contributed by atoms with van der Waals surface area (Å²) in [6.07, 6.45) is 1.63. The zero-order chi connectivity index (χ0) is 17.6. The summed E-state index contributed by atoms with van der Waals surface area (Å²) in [5.41, 5.74) is 3.22. The number of pyridine rings is 1. The Morgan fingerprint density at radius 2 is 1.80 bits per heavy atom. The fourth-order valence-electron chi connectivity index (χ4n) is 2.31. The number of nitrogens with one attached hydrogen (secondary N) is 2. The Morgan fingerprint density at radius 1 is 1.04 bits per heavy atom. The maximum atomic E-state index is 13.6. The lowest BCUT2D eigenvalue weighted by Crippen LogP contribution is -2.14. The van der Waals surface area contributed by atoms with Gasteiger partial charge in [-0.15, -0.1) is 0 Å². The highest BCUT2D eigenvalue weighted by molar-refractivity contribution is 6.03. The van der Waals surface area contributed by atoms with Crippen molar-refractivity contribution in [2.75, 3.05) is 10.6 Å². The van der Waals surface area contributed by atoms with Gasteiger partial charge in [-0.1, -0.05) is 42.0 Å². The molecule has 126 valence electrons. The average molecular weight is 335 g/mol. The Labute approximate surface area is 145 Å². The van der Waals surface area contributed by atoms with E-state index in [-0.39, 0.29) is 5.56 Å². The highest BCUT2D eigenvalue weighted by Crippen LogP contribution is 2.14. The van der Waals surface area contributed by atoms with E-state index in [1.807, 2.05) is 6.07 Å². The number of carbonyl (C=O) groups excluding carboxylic acids is 1. The second-order valence-electron chi connectivity index (χ2n) is 5.71. The highest BCUT2D eigenvalue weighted by Gasteiger charge is 2.11. The topological polar surface area (TPSA) is 54.0 Å². The Bertz CT molecular complexity index is 861. The van der Waals surface area contributed by atoms with Crippen LogP contribution in [0.4, 0.5) is 15.9 Å². The maximum absolute atomic E-state index is 13.6. The van der Waals surface area contributed by atoms with Gasteiger partial charge < -0.3 is 10.6 Å². The van der Waals surface area contributed by atoms with Crippen molar-refractivity contribution >= 4 is 17.4 Å². The molecular weight excluding hydrogens is 317 g/mol. The minimum atomic E-state index is -0.559. The van der Waals surface area contributed by atoms with Crippen molar-refractivity contribution in [3.63, 3.8) is 0 Å². The molecule has 1 amide bonds. The molecule has 0 spiro atoms. The molecule has 3 rings (SSSR count). The van der Waals surface area contributed by atoms with Gasteiger partial charge in [0.1, 0.15) is 11.6 Å². The lowest BCUT2D eigenvalue weighted by molar-refractivity contribution is 0.102. The summed E-state index contributed by atoms with van der Waals surface area (Å²) in [6, 6.07) is 17.6. The zero-order valence-electron chi connectivity index (χ0n) is 13.8. The Hall–Kier alpha value is -3.21. The van der Waals surface area contributed by atoms with Gasteiger partial charge in [0.15, 0.2) is 0 Å². The first kappa shape index (κ1) is 16.6. The molecule has 0 fully saturated rings. The van der Waals surface area contributed by atoms with Crippen molar-refractivity contribution in [1.29, 1.82) is 0 Å². The third-order valence-corrected chi connectivity index (χ3v) is 3.74. The SMILES string of the molecule is Cc1ccc(CNc2ccc(NC(=O)c3ccccc3F)nc2)cc1. The van der Waals surface area contributed by atoms with Gasteiger partial charge in [-0.05, 0) is 36.8 Å². The maximum Gasteiger partial charge on any atom is 0.259 e. The molecule has 0 saturated heterocycles. The zero-order valence-corrected chi connectivity index (χ0v) is 13.8. The van der Waals surface area contributed by atoms with E-state index in [1.165, 1.54) is 23.3 Å². The monoisotopic (exact) mass is 335 g/mol. The van der Waals surface area contributed by atoms with Crippen LogP contribution in [0.1, 0.15) is 21.5 Å². The molecule has 1 heterocycles. The van der Waals surface area contributed by atoms with Crippen molar-refractivity contribution < 1.29 is 9.18 Å². The van der Waals surface area contributed by atoms with Gasteiger partial charge in [0.25, 0.3) is 5.91 Å². The van der Waals surface area contributed by atoms with E-state index in [4.69, 9.17) is 0 Å². The summed E-state index contributed by atoms with van der Waals surface area (Å²) < 4.78 is 13.6. The van der Waals surface area contributed by atoms with Crippen LogP contribution in [-0.4, -0.2) is 10.9 Å². The van der Waals surface area contributed by atoms with Crippen LogP contribution in [0, 0.1) is 12.7 Å². The van der Waals surface area contributed by atoms with Crippen molar-refractivity contribution in [1.82, 2.24) is 4.98 Å². The molecule has 0 saturated carbocycles. The molecule has 0 aliphatic heterocycles. The number of carbonyl (C=O) groups is 1. The van der Waals surface area contributed by atoms with Crippen molar-refractivity contribution in [3.8, 4) is 0 Å². The number of rotatable bonds is 5. The molecule has 5 heteroatoms. The standard InChI is InChI=1S/C20H18FN3O/c1-14-6-8-15(9-7-14)12-22-16-10-11-19(23-13-16)24-20(25)17-4-2-3-5-18(17)21/h2-11,13,22H,12H2,1H3,(H,23,24,25). The van der Waals surface area contributed by atoms with Crippen LogP contribution in [-0.2, 0) is 6.54 Å². The first-order chi connectivity index (χ1) is 12.1. The quantitative estimate of drug-likeness (QED) is 0.727. The number of halogens is 1. The van der Waals surface area contributed by atoms with Gasteiger partial charge >= 0.3 is 0 Å². The predicted molar refractivity (Wildman–Crippen MR) is 97.1 cm³/mol. The van der Waals surface area contributed by atoms with Crippen LogP contribution in [0.2, 0.25) is 0 Å². The van der Waals surface area contributed by atoms with Crippen molar-refractivity contribution in [3.05, 3.63) is 89.4 Å². The summed E-state index contributed by atoms with van der Waals surface area (Å²) in [6.45, 7) is 2.73. The molecule has 4 nitrogen and oxygen atoms in total. The fraction of sp³-hybridized carbons (Fsp3) is 0.100. The van der Waals surface area contributed by atoms with Crippen LogP contribution in [0.5, 0.6) is 0 Å². The van der Waals surface area contributed by atoms with Gasteiger partial charge in [-0.3, -0.25) is 4.79 Å². The number of amides is 1. The van der Waals surface area contributed by atoms with Crippen molar-refractivity contribution in [2.24, 2.45) is 0 Å². The third kappa shape index (κ3) is 4.41. The largest absolute Gasteiger partial charge is 0.380 e. The Kier molecular flexibility index (Phi) is 5.04. The summed E-state index contributed by atoms with van der Waals surface area (Å²) in [7, 11) is 0. The van der Waals surface area contributed by atoms with Crippen LogP contribution < -0.4 is 10.6 Å².